The summed E-state index contributed by atoms with van der Waals surface area (Å²) in [5, 5.41) is 26.9. The molecule has 0 aliphatic carbocycles. The number of hydrogen-bond donors (Lipinski definition) is 3. The number of nitrogens with zero attached hydrogens (tertiary/aromatic N) is 3. The number of alkyl halides is 3. The molecule has 2 aromatic heterocycles. The van der Waals surface area contributed by atoms with Crippen LogP contribution in [0.2, 0.25) is 0 Å². The monoisotopic (exact) mass is 422 g/mol. The Labute approximate surface area is 168 Å². The van der Waals surface area contributed by atoms with Gasteiger partial charge in [-0.2, -0.15) is 5.10 Å². The standard InChI is InChI=1S/C19H17F3N4O4/c1-2-16(29)24-9-14-17-13(15(28)10-27)7-8-23-18(17)26(25-14)11-3-5-12(6-4-11)30-19(20,21)22/h2-8,15,27-28H,1,9-10H2,(H,24,29)/t15-/m0/s1. The summed E-state index contributed by atoms with van der Waals surface area (Å²) >= 11 is 0. The van der Waals surface area contributed by atoms with E-state index in [9.17, 15) is 28.2 Å². The Morgan fingerprint density at radius 3 is 2.60 bits per heavy atom. The first-order valence-electron chi connectivity index (χ1n) is 8.65. The van der Waals surface area contributed by atoms with Gasteiger partial charge in [-0.25, -0.2) is 9.67 Å². The van der Waals surface area contributed by atoms with E-state index in [0.29, 0.717) is 22.3 Å². The Hall–Kier alpha value is -3.44. The molecule has 8 nitrogen and oxygen atoms in total. The number of aromatic nitrogens is 3. The van der Waals surface area contributed by atoms with Crippen LogP contribution in [0.5, 0.6) is 5.75 Å². The highest BCUT2D eigenvalue weighted by Crippen LogP contribution is 2.29. The van der Waals surface area contributed by atoms with Crippen molar-refractivity contribution in [2.45, 2.75) is 19.0 Å². The van der Waals surface area contributed by atoms with Crippen molar-refractivity contribution in [2.24, 2.45) is 0 Å². The van der Waals surface area contributed by atoms with Crippen LogP contribution in [0.1, 0.15) is 17.4 Å². The summed E-state index contributed by atoms with van der Waals surface area (Å²) in [4.78, 5) is 15.8. The van der Waals surface area contributed by atoms with Gasteiger partial charge in [-0.05, 0) is 42.0 Å². The van der Waals surface area contributed by atoms with Gasteiger partial charge in [0.25, 0.3) is 0 Å². The molecule has 1 aromatic carbocycles. The van der Waals surface area contributed by atoms with E-state index in [1.165, 1.54) is 29.1 Å². The van der Waals surface area contributed by atoms with Gasteiger partial charge in [-0.3, -0.25) is 4.79 Å². The van der Waals surface area contributed by atoms with Crippen molar-refractivity contribution in [1.29, 1.82) is 0 Å². The van der Waals surface area contributed by atoms with Gasteiger partial charge in [0.05, 0.1) is 29.9 Å². The average molecular weight is 422 g/mol. The normalized spacial score (nSPS) is 12.6. The second kappa shape index (κ2) is 8.51. The van der Waals surface area contributed by atoms with Gasteiger partial charge in [0.15, 0.2) is 5.65 Å². The number of rotatable bonds is 7. The Morgan fingerprint density at radius 2 is 2.00 bits per heavy atom. The molecule has 1 atom stereocenters. The van der Waals surface area contributed by atoms with Crippen molar-refractivity contribution in [3.05, 3.63) is 60.4 Å². The van der Waals surface area contributed by atoms with Gasteiger partial charge in [0, 0.05) is 6.20 Å². The van der Waals surface area contributed by atoms with Crippen LogP contribution in [0.4, 0.5) is 13.2 Å². The van der Waals surface area contributed by atoms with Crippen LogP contribution in [0.3, 0.4) is 0 Å². The second-order valence-corrected chi connectivity index (χ2v) is 6.12. The minimum Gasteiger partial charge on any atom is -0.406 e. The number of ether oxygens (including phenoxy) is 1. The van der Waals surface area contributed by atoms with Crippen molar-refractivity contribution >= 4 is 16.9 Å². The van der Waals surface area contributed by atoms with Gasteiger partial charge in [-0.1, -0.05) is 6.58 Å². The fourth-order valence-electron chi connectivity index (χ4n) is 2.85. The average Bonchev–Trinajstić information content (AvgIpc) is 3.09. The first-order valence-corrected chi connectivity index (χ1v) is 8.65. The zero-order valence-corrected chi connectivity index (χ0v) is 15.4. The lowest BCUT2D eigenvalue weighted by atomic mass is 10.1. The number of nitrogens with one attached hydrogen (secondary N) is 1. The van der Waals surface area contributed by atoms with Crippen LogP contribution in [-0.2, 0) is 11.3 Å². The van der Waals surface area contributed by atoms with Gasteiger partial charge in [0.1, 0.15) is 11.9 Å². The van der Waals surface area contributed by atoms with Crippen LogP contribution < -0.4 is 10.1 Å². The zero-order chi connectivity index (χ0) is 21.9. The third-order valence-corrected chi connectivity index (χ3v) is 4.14. The molecule has 0 saturated carbocycles. The van der Waals surface area contributed by atoms with Crippen molar-refractivity contribution in [1.82, 2.24) is 20.1 Å². The van der Waals surface area contributed by atoms with Crippen LogP contribution in [-0.4, -0.2) is 43.9 Å². The molecule has 30 heavy (non-hydrogen) atoms. The minimum absolute atomic E-state index is 0.0273. The number of aliphatic hydroxyl groups is 2. The van der Waals surface area contributed by atoms with E-state index < -0.39 is 30.7 Å². The molecular weight excluding hydrogens is 405 g/mol. The smallest absolute Gasteiger partial charge is 0.406 e. The molecule has 0 saturated heterocycles. The minimum atomic E-state index is -4.81. The number of carbonyl (C=O) groups excluding carboxylic acids is 1. The van der Waals surface area contributed by atoms with Gasteiger partial charge < -0.3 is 20.3 Å². The number of aliphatic hydroxyl groups excluding tert-OH is 2. The first-order chi connectivity index (χ1) is 14.2. The summed E-state index contributed by atoms with van der Waals surface area (Å²) in [6, 6.07) is 6.48. The van der Waals surface area contributed by atoms with E-state index in [1.807, 2.05) is 0 Å². The second-order valence-electron chi connectivity index (χ2n) is 6.12. The number of pyridine rings is 1. The molecule has 3 aromatic rings. The van der Waals surface area contributed by atoms with E-state index in [4.69, 9.17) is 0 Å². The molecule has 0 bridgehead atoms. The number of amides is 1. The molecule has 1 amide bonds. The Bertz CT molecular complexity index is 1060. The number of benzene rings is 1. The van der Waals surface area contributed by atoms with E-state index in [2.05, 4.69) is 26.7 Å². The molecule has 11 heteroatoms. The summed E-state index contributed by atoms with van der Waals surface area (Å²) in [7, 11) is 0. The third-order valence-electron chi connectivity index (χ3n) is 4.14. The van der Waals surface area contributed by atoms with Crippen molar-refractivity contribution in [3.63, 3.8) is 0 Å². The van der Waals surface area contributed by atoms with Crippen LogP contribution in [0.25, 0.3) is 16.7 Å². The maximum Gasteiger partial charge on any atom is 0.573 e. The van der Waals surface area contributed by atoms with E-state index in [0.717, 1.165) is 18.2 Å². The summed E-state index contributed by atoms with van der Waals surface area (Å²) in [5.74, 6) is -0.843. The van der Waals surface area contributed by atoms with E-state index >= 15 is 0 Å². The van der Waals surface area contributed by atoms with Crippen molar-refractivity contribution < 1.29 is 32.9 Å². The molecule has 0 spiro atoms. The predicted octanol–water partition coefficient (Wildman–Crippen LogP) is 2.15. The van der Waals surface area contributed by atoms with E-state index in [1.54, 1.807) is 0 Å². The predicted molar refractivity (Wildman–Crippen MR) is 99.6 cm³/mol. The molecule has 0 fully saturated rings. The lowest BCUT2D eigenvalue weighted by Crippen LogP contribution is -2.20. The molecule has 158 valence electrons. The number of fused-ring (bicyclic) bond motifs is 1. The molecular formula is C19H17F3N4O4. The quantitative estimate of drug-likeness (QED) is 0.504. The number of hydrogen-bond acceptors (Lipinski definition) is 6. The first kappa shape index (κ1) is 21.3. The highest BCUT2D eigenvalue weighted by molar-refractivity contribution is 5.88. The molecule has 0 unspecified atom stereocenters. The summed E-state index contributed by atoms with van der Waals surface area (Å²) in [6.45, 7) is 2.79. The molecule has 3 N–H and O–H groups in total. The lowest BCUT2D eigenvalue weighted by Gasteiger charge is -2.10. The Kier molecular flexibility index (Phi) is 6.04. The SMILES string of the molecule is C=CC(=O)NCc1nn(-c2ccc(OC(F)(F)F)cc2)c2nccc([C@@H](O)CO)c12. The number of halogens is 3. The fourth-order valence-corrected chi connectivity index (χ4v) is 2.85. The maximum absolute atomic E-state index is 12.4. The number of carbonyl (C=O) groups is 1. The third kappa shape index (κ3) is 4.58. The zero-order valence-electron chi connectivity index (χ0n) is 15.4. The molecule has 2 heterocycles. The maximum atomic E-state index is 12.4. The molecule has 3 rings (SSSR count). The highest BCUT2D eigenvalue weighted by atomic mass is 19.4. The fraction of sp³-hybridized carbons (Fsp3) is 0.211. The molecule has 0 aliphatic rings. The van der Waals surface area contributed by atoms with E-state index in [-0.39, 0.29) is 12.2 Å². The largest absolute Gasteiger partial charge is 0.573 e. The van der Waals surface area contributed by atoms with Gasteiger partial charge in [0.2, 0.25) is 5.91 Å². The topological polar surface area (TPSA) is 110 Å². The Morgan fingerprint density at radius 1 is 1.30 bits per heavy atom. The van der Waals surface area contributed by atoms with Crippen LogP contribution in [0, 0.1) is 0 Å². The van der Waals surface area contributed by atoms with Crippen molar-refractivity contribution in [3.8, 4) is 11.4 Å². The Balaban J connectivity index is 2.08. The lowest BCUT2D eigenvalue weighted by molar-refractivity contribution is -0.274. The van der Waals surface area contributed by atoms with Crippen LogP contribution >= 0.6 is 0 Å². The van der Waals surface area contributed by atoms with Crippen LogP contribution in [0.15, 0.2) is 49.2 Å². The summed E-state index contributed by atoms with van der Waals surface area (Å²) < 4.78 is 42.3. The van der Waals surface area contributed by atoms with Gasteiger partial charge in [-0.15, -0.1) is 13.2 Å². The molecule has 0 radical (unpaired) electrons. The van der Waals surface area contributed by atoms with Gasteiger partial charge >= 0.3 is 6.36 Å². The summed E-state index contributed by atoms with van der Waals surface area (Å²) in [6.07, 6.45) is -3.54. The molecule has 0 aliphatic heterocycles. The van der Waals surface area contributed by atoms with Crippen molar-refractivity contribution in [2.75, 3.05) is 6.61 Å². The summed E-state index contributed by atoms with van der Waals surface area (Å²) in [5.41, 5.74) is 1.34. The highest BCUT2D eigenvalue weighted by Gasteiger charge is 2.31.